The highest BCUT2D eigenvalue weighted by atomic mass is 35.5. The number of methoxy groups -OCH3 is 1. The summed E-state index contributed by atoms with van der Waals surface area (Å²) in [6, 6.07) is 16.0. The molecular weight excluding hydrogens is 488 g/mol. The highest BCUT2D eigenvalue weighted by Gasteiger charge is 2.22. The molecule has 3 heterocycles. The molecular formula is C24H23ClN6O3S. The van der Waals surface area contributed by atoms with Crippen molar-refractivity contribution in [3.8, 4) is 16.3 Å². The molecule has 1 saturated heterocycles. The van der Waals surface area contributed by atoms with Gasteiger partial charge in [0.15, 0.2) is 0 Å². The molecule has 0 spiro atoms. The van der Waals surface area contributed by atoms with Crippen LogP contribution in [0.3, 0.4) is 0 Å². The molecule has 0 radical (unpaired) electrons. The first kappa shape index (κ1) is 23.3. The molecule has 1 aliphatic rings. The summed E-state index contributed by atoms with van der Waals surface area (Å²) in [6.07, 6.45) is 0. The second-order valence-electron chi connectivity index (χ2n) is 8.09. The first-order chi connectivity index (χ1) is 17.0. The van der Waals surface area contributed by atoms with Crippen LogP contribution in [0.2, 0.25) is 5.02 Å². The highest BCUT2D eigenvalue weighted by molar-refractivity contribution is 7.19. The molecule has 0 unspecified atom stereocenters. The van der Waals surface area contributed by atoms with Crippen molar-refractivity contribution in [2.45, 2.75) is 6.54 Å². The van der Waals surface area contributed by atoms with E-state index < -0.39 is 0 Å². The van der Waals surface area contributed by atoms with Crippen molar-refractivity contribution in [2.75, 3.05) is 38.6 Å². The molecule has 2 amide bonds. The van der Waals surface area contributed by atoms with E-state index in [2.05, 4.69) is 20.3 Å². The van der Waals surface area contributed by atoms with Crippen LogP contribution >= 0.6 is 22.9 Å². The minimum atomic E-state index is -0.225. The van der Waals surface area contributed by atoms with Gasteiger partial charge in [0, 0.05) is 50.0 Å². The third kappa shape index (κ3) is 5.14. The van der Waals surface area contributed by atoms with Gasteiger partial charge in [-0.25, -0.2) is 9.78 Å². The van der Waals surface area contributed by atoms with Gasteiger partial charge in [-0.15, -0.1) is 0 Å². The Morgan fingerprint density at radius 3 is 2.57 bits per heavy atom. The molecule has 2 aromatic carbocycles. The van der Waals surface area contributed by atoms with Crippen LogP contribution in [-0.4, -0.2) is 63.7 Å². The average Bonchev–Trinajstić information content (AvgIpc) is 3.30. The maximum absolute atomic E-state index is 12.7. The highest BCUT2D eigenvalue weighted by Crippen LogP contribution is 2.30. The van der Waals surface area contributed by atoms with Crippen LogP contribution in [0.1, 0.15) is 5.69 Å². The van der Waals surface area contributed by atoms with Crippen molar-refractivity contribution in [3.05, 3.63) is 75.7 Å². The predicted molar refractivity (Wildman–Crippen MR) is 136 cm³/mol. The van der Waals surface area contributed by atoms with E-state index in [0.717, 1.165) is 17.0 Å². The number of halogens is 1. The first-order valence-electron chi connectivity index (χ1n) is 11.1. The molecule has 4 aromatic rings. The monoisotopic (exact) mass is 510 g/mol. The Labute approximate surface area is 210 Å². The summed E-state index contributed by atoms with van der Waals surface area (Å²) in [5, 5.41) is 8.55. The first-order valence-corrected chi connectivity index (χ1v) is 12.3. The summed E-state index contributed by atoms with van der Waals surface area (Å²) in [7, 11) is 1.60. The number of ether oxygens (including phenoxy) is 1. The smallest absolute Gasteiger partial charge is 0.321 e. The molecule has 180 valence electrons. The van der Waals surface area contributed by atoms with Crippen molar-refractivity contribution in [2.24, 2.45) is 0 Å². The molecule has 0 saturated carbocycles. The third-order valence-corrected chi connectivity index (χ3v) is 7.06. The maximum Gasteiger partial charge on any atom is 0.321 e. The SMILES string of the molecule is COc1ccc(NC(=O)N2CCN(Cc3cc(=O)n4nc(-c5ccccc5Cl)sc4n3)CC2)cc1. The predicted octanol–water partition coefficient (Wildman–Crippen LogP) is 3.83. The van der Waals surface area contributed by atoms with Crippen LogP contribution in [-0.2, 0) is 6.54 Å². The largest absolute Gasteiger partial charge is 0.497 e. The van der Waals surface area contributed by atoms with Gasteiger partial charge >= 0.3 is 6.03 Å². The number of nitrogens with one attached hydrogen (secondary N) is 1. The van der Waals surface area contributed by atoms with Crippen LogP contribution in [0, 0.1) is 0 Å². The summed E-state index contributed by atoms with van der Waals surface area (Å²) in [6.45, 7) is 3.06. The number of amides is 2. The molecule has 5 rings (SSSR count). The Kier molecular flexibility index (Phi) is 6.67. The molecule has 2 aromatic heterocycles. The fourth-order valence-electron chi connectivity index (χ4n) is 3.90. The van der Waals surface area contributed by atoms with E-state index in [1.54, 1.807) is 30.2 Å². The standard InChI is InChI=1S/C24H23ClN6O3S/c1-34-18-8-6-16(7-9-18)26-23(33)30-12-10-29(11-13-30)15-17-14-21(32)31-24(27-17)35-22(28-31)19-4-2-3-5-20(19)25/h2-9,14H,10-13,15H2,1H3,(H,26,33). The Balaban J connectivity index is 1.22. The fraction of sp³-hybridized carbons (Fsp3) is 0.250. The van der Waals surface area contributed by atoms with Gasteiger partial charge in [0.25, 0.3) is 5.56 Å². The van der Waals surface area contributed by atoms with Gasteiger partial charge in [0.2, 0.25) is 4.96 Å². The van der Waals surface area contributed by atoms with Crippen molar-refractivity contribution in [1.82, 2.24) is 24.4 Å². The Morgan fingerprint density at radius 2 is 1.86 bits per heavy atom. The van der Waals surface area contributed by atoms with Crippen LogP contribution in [0.15, 0.2) is 59.4 Å². The summed E-state index contributed by atoms with van der Waals surface area (Å²) < 4.78 is 6.46. The van der Waals surface area contributed by atoms with Crippen LogP contribution in [0.4, 0.5) is 10.5 Å². The second-order valence-corrected chi connectivity index (χ2v) is 9.45. The van der Waals surface area contributed by atoms with Crippen molar-refractivity contribution in [3.63, 3.8) is 0 Å². The van der Waals surface area contributed by atoms with Gasteiger partial charge in [-0.05, 0) is 30.3 Å². The number of hydrogen-bond acceptors (Lipinski definition) is 7. The van der Waals surface area contributed by atoms with Crippen LogP contribution < -0.4 is 15.6 Å². The quantitative estimate of drug-likeness (QED) is 0.438. The van der Waals surface area contributed by atoms with Crippen LogP contribution in [0.5, 0.6) is 5.75 Å². The lowest BCUT2D eigenvalue weighted by Crippen LogP contribution is -2.49. The summed E-state index contributed by atoms with van der Waals surface area (Å²) in [4.78, 5) is 34.4. The Bertz CT molecular complexity index is 1410. The number of rotatable bonds is 5. The second kappa shape index (κ2) is 10.0. The number of fused-ring (bicyclic) bond motifs is 1. The van der Waals surface area contributed by atoms with Gasteiger partial charge in [0.05, 0.1) is 17.8 Å². The van der Waals surface area contributed by atoms with Crippen LogP contribution in [0.25, 0.3) is 15.5 Å². The zero-order valence-electron chi connectivity index (χ0n) is 19.0. The van der Waals surface area contributed by atoms with Gasteiger partial charge < -0.3 is 15.0 Å². The summed E-state index contributed by atoms with van der Waals surface area (Å²) >= 11 is 7.62. The number of aromatic nitrogens is 3. The molecule has 35 heavy (non-hydrogen) atoms. The number of piperazine rings is 1. The molecule has 1 N–H and O–H groups in total. The fourth-order valence-corrected chi connectivity index (χ4v) is 5.14. The zero-order chi connectivity index (χ0) is 24.4. The molecule has 0 bridgehead atoms. The normalized spacial score (nSPS) is 14.3. The van der Waals surface area contributed by atoms with Crippen molar-refractivity contribution < 1.29 is 9.53 Å². The molecule has 0 aliphatic carbocycles. The van der Waals surface area contributed by atoms with Gasteiger partial charge in [-0.1, -0.05) is 41.1 Å². The van der Waals surface area contributed by atoms with Crippen molar-refractivity contribution in [1.29, 1.82) is 0 Å². The number of nitrogens with zero attached hydrogens (tertiary/aromatic N) is 5. The van der Waals surface area contributed by atoms with E-state index in [4.69, 9.17) is 16.3 Å². The van der Waals surface area contributed by atoms with Gasteiger partial charge in [0.1, 0.15) is 10.8 Å². The maximum atomic E-state index is 12.7. The van der Waals surface area contributed by atoms with E-state index in [-0.39, 0.29) is 11.6 Å². The van der Waals surface area contributed by atoms with E-state index in [0.29, 0.717) is 53.4 Å². The number of carbonyl (C=O) groups is 1. The molecule has 1 aliphatic heterocycles. The van der Waals surface area contributed by atoms with Gasteiger partial charge in [-0.2, -0.15) is 9.61 Å². The minimum absolute atomic E-state index is 0.135. The lowest BCUT2D eigenvalue weighted by molar-refractivity contribution is 0.142. The van der Waals surface area contributed by atoms with Crippen molar-refractivity contribution >= 4 is 39.6 Å². The minimum Gasteiger partial charge on any atom is -0.497 e. The topological polar surface area (TPSA) is 92.1 Å². The number of benzene rings is 2. The molecule has 9 nitrogen and oxygen atoms in total. The summed E-state index contributed by atoms with van der Waals surface area (Å²) in [5.74, 6) is 0.737. The number of anilines is 1. The average molecular weight is 511 g/mol. The number of urea groups is 1. The van der Waals surface area contributed by atoms with E-state index in [1.807, 2.05) is 30.3 Å². The van der Waals surface area contributed by atoms with Gasteiger partial charge in [-0.3, -0.25) is 9.69 Å². The lowest BCUT2D eigenvalue weighted by atomic mass is 10.2. The molecule has 0 atom stereocenters. The zero-order valence-corrected chi connectivity index (χ0v) is 20.6. The van der Waals surface area contributed by atoms with E-state index >= 15 is 0 Å². The van der Waals surface area contributed by atoms with E-state index in [1.165, 1.54) is 21.9 Å². The molecule has 11 heteroatoms. The Morgan fingerprint density at radius 1 is 1.11 bits per heavy atom. The van der Waals surface area contributed by atoms with E-state index in [9.17, 15) is 9.59 Å². The lowest BCUT2D eigenvalue weighted by Gasteiger charge is -2.34. The Hall–Kier alpha value is -3.47. The summed E-state index contributed by atoms with van der Waals surface area (Å²) in [5.41, 5.74) is 1.95. The number of carbonyl (C=O) groups excluding carboxylic acids is 1. The molecule has 1 fully saturated rings. The third-order valence-electron chi connectivity index (χ3n) is 5.79. The number of hydrogen-bond donors (Lipinski definition) is 1.